The van der Waals surface area contributed by atoms with E-state index in [0.29, 0.717) is 29.3 Å². The summed E-state index contributed by atoms with van der Waals surface area (Å²) in [5.74, 6) is -0.609. The normalized spacial score (nSPS) is 12.0. The van der Waals surface area contributed by atoms with Gasteiger partial charge in [0.15, 0.2) is 5.82 Å². The van der Waals surface area contributed by atoms with Crippen LogP contribution in [0, 0.1) is 18.6 Å². The molecule has 0 radical (unpaired) electrons. The summed E-state index contributed by atoms with van der Waals surface area (Å²) in [6, 6.07) is 16.3. The zero-order valence-electron chi connectivity index (χ0n) is 20.3. The number of aromatic nitrogens is 4. The van der Waals surface area contributed by atoms with Crippen LogP contribution in [0.15, 0.2) is 60.7 Å². The van der Waals surface area contributed by atoms with Crippen LogP contribution in [0.2, 0.25) is 5.15 Å². The summed E-state index contributed by atoms with van der Waals surface area (Å²) in [6.45, 7) is 1.21. The number of nitrogens with two attached hydrogens (primary N) is 1. The molecule has 6 N–H and O–H groups in total. The van der Waals surface area contributed by atoms with Crippen molar-refractivity contribution in [1.29, 1.82) is 0 Å². The fraction of sp³-hybridized carbons (Fsp3) is 0.148. The number of aromatic amines is 2. The number of carbonyl (C=O) groups is 1. The van der Waals surface area contributed by atoms with E-state index in [-0.39, 0.29) is 17.3 Å². The number of imidazole rings is 1. The number of H-pyrrole nitrogens is 2. The lowest BCUT2D eigenvalue weighted by Gasteiger charge is -2.18. The summed E-state index contributed by atoms with van der Waals surface area (Å²) in [4.78, 5) is 20.6. The molecule has 5 rings (SSSR count). The summed E-state index contributed by atoms with van der Waals surface area (Å²) in [5.41, 5.74) is 8.83. The maximum absolute atomic E-state index is 14.4. The number of benzene rings is 3. The van der Waals surface area contributed by atoms with Gasteiger partial charge in [0.05, 0.1) is 18.1 Å². The summed E-state index contributed by atoms with van der Waals surface area (Å²) in [6.07, 6.45) is 0.390. The van der Waals surface area contributed by atoms with E-state index in [1.807, 2.05) is 48.5 Å². The number of nitrogens with one attached hydrogen (secondary N) is 4. The first-order valence-corrected chi connectivity index (χ1v) is 12.2. The van der Waals surface area contributed by atoms with Crippen molar-refractivity contribution in [3.8, 4) is 11.3 Å². The highest BCUT2D eigenvalue weighted by Crippen LogP contribution is 2.31. The fourth-order valence-electron chi connectivity index (χ4n) is 4.23. The van der Waals surface area contributed by atoms with Crippen LogP contribution < -0.4 is 16.4 Å². The highest BCUT2D eigenvalue weighted by Gasteiger charge is 2.22. The van der Waals surface area contributed by atoms with Crippen LogP contribution in [-0.4, -0.2) is 26.2 Å². The molecule has 0 saturated carbocycles. The highest BCUT2D eigenvalue weighted by atomic mass is 35.5. The van der Waals surface area contributed by atoms with E-state index in [0.717, 1.165) is 22.0 Å². The lowest BCUT2D eigenvalue weighted by atomic mass is 10.1. The zero-order chi connectivity index (χ0) is 26.8. The van der Waals surface area contributed by atoms with Gasteiger partial charge in [-0.15, -0.1) is 0 Å². The largest absolute Gasteiger partial charge is 0.382 e. The average molecular weight is 536 g/mol. The molecule has 194 valence electrons. The van der Waals surface area contributed by atoms with E-state index < -0.39 is 23.7 Å². The molecule has 0 saturated heterocycles. The van der Waals surface area contributed by atoms with Gasteiger partial charge in [-0.1, -0.05) is 54.1 Å². The van der Waals surface area contributed by atoms with Gasteiger partial charge in [-0.25, -0.2) is 18.6 Å². The smallest absolute Gasteiger partial charge is 0.315 e. The second-order valence-corrected chi connectivity index (χ2v) is 9.26. The van der Waals surface area contributed by atoms with E-state index in [9.17, 15) is 13.6 Å². The summed E-state index contributed by atoms with van der Waals surface area (Å²) >= 11 is 6.53. The Balaban J connectivity index is 1.40. The lowest BCUT2D eigenvalue weighted by molar-refractivity contribution is 0.236. The highest BCUT2D eigenvalue weighted by molar-refractivity contribution is 6.32. The number of nitrogen functional groups attached to an aromatic ring is 1. The van der Waals surface area contributed by atoms with Crippen molar-refractivity contribution in [3.63, 3.8) is 0 Å². The number of aryl methyl sites for hydroxylation is 1. The Morgan fingerprint density at radius 1 is 1.13 bits per heavy atom. The second kappa shape index (κ2) is 10.5. The molecule has 0 aliphatic carbocycles. The monoisotopic (exact) mass is 535 g/mol. The van der Waals surface area contributed by atoms with Gasteiger partial charge in [-0.2, -0.15) is 5.10 Å². The minimum atomic E-state index is -0.729. The predicted octanol–water partition coefficient (Wildman–Crippen LogP) is 5.56. The zero-order valence-corrected chi connectivity index (χ0v) is 21.0. The van der Waals surface area contributed by atoms with Gasteiger partial charge in [-0.05, 0) is 42.7 Å². The number of halogens is 3. The molecule has 5 aromatic rings. The molecule has 0 aliphatic heterocycles. The number of hydrogen-bond donors (Lipinski definition) is 5. The number of rotatable bonds is 7. The molecule has 0 bridgehead atoms. The van der Waals surface area contributed by atoms with Crippen LogP contribution in [0.25, 0.3) is 22.2 Å². The molecule has 0 fully saturated rings. The van der Waals surface area contributed by atoms with Crippen molar-refractivity contribution in [3.05, 3.63) is 100.0 Å². The minimum absolute atomic E-state index is 0.210. The van der Waals surface area contributed by atoms with Crippen LogP contribution in [0.3, 0.4) is 0 Å². The number of fused-ring (bicyclic) bond motifs is 1. The molecule has 38 heavy (non-hydrogen) atoms. The van der Waals surface area contributed by atoms with Gasteiger partial charge in [-0.3, -0.25) is 5.10 Å². The Kier molecular flexibility index (Phi) is 6.97. The third kappa shape index (κ3) is 5.16. The molecule has 1 atom stereocenters. The molecule has 3 aromatic carbocycles. The van der Waals surface area contributed by atoms with Crippen molar-refractivity contribution < 1.29 is 13.6 Å². The van der Waals surface area contributed by atoms with Gasteiger partial charge in [0.2, 0.25) is 0 Å². The van der Waals surface area contributed by atoms with Crippen LogP contribution in [-0.2, 0) is 13.0 Å². The average Bonchev–Trinajstić information content (AvgIpc) is 3.48. The Morgan fingerprint density at radius 3 is 2.71 bits per heavy atom. The van der Waals surface area contributed by atoms with E-state index in [4.69, 9.17) is 17.3 Å². The number of nitrogens with zero attached hydrogens (tertiary/aromatic N) is 2. The Bertz CT molecular complexity index is 1620. The Labute approximate surface area is 221 Å². The van der Waals surface area contributed by atoms with E-state index in [1.165, 1.54) is 19.1 Å². The van der Waals surface area contributed by atoms with Crippen LogP contribution in [0.1, 0.15) is 28.6 Å². The second-order valence-electron chi connectivity index (χ2n) is 8.88. The maximum atomic E-state index is 14.4. The van der Waals surface area contributed by atoms with Crippen molar-refractivity contribution >= 4 is 34.4 Å². The molecule has 0 unspecified atom stereocenters. The van der Waals surface area contributed by atoms with Crippen molar-refractivity contribution in [1.82, 2.24) is 30.8 Å². The van der Waals surface area contributed by atoms with Gasteiger partial charge in [0.25, 0.3) is 0 Å². The van der Waals surface area contributed by atoms with E-state index in [1.54, 1.807) is 0 Å². The molecular weight excluding hydrogens is 512 g/mol. The Hall–Kier alpha value is -4.44. The Morgan fingerprint density at radius 2 is 1.92 bits per heavy atom. The van der Waals surface area contributed by atoms with Crippen molar-refractivity contribution in [2.75, 3.05) is 5.73 Å². The molecule has 2 heterocycles. The van der Waals surface area contributed by atoms with Crippen LogP contribution in [0.4, 0.5) is 19.4 Å². The van der Waals surface area contributed by atoms with Crippen LogP contribution >= 0.6 is 11.6 Å². The van der Waals surface area contributed by atoms with Gasteiger partial charge < -0.3 is 21.4 Å². The lowest BCUT2D eigenvalue weighted by Crippen LogP contribution is -2.39. The molecule has 0 spiro atoms. The third-order valence-corrected chi connectivity index (χ3v) is 6.54. The first kappa shape index (κ1) is 25.2. The third-order valence-electron chi connectivity index (χ3n) is 6.27. The molecule has 2 aromatic heterocycles. The summed E-state index contributed by atoms with van der Waals surface area (Å²) in [7, 11) is 0. The minimum Gasteiger partial charge on any atom is -0.382 e. The topological polar surface area (TPSA) is 125 Å². The number of anilines is 1. The number of amides is 2. The maximum Gasteiger partial charge on any atom is 0.315 e. The fourth-order valence-corrected chi connectivity index (χ4v) is 4.48. The summed E-state index contributed by atoms with van der Waals surface area (Å²) in [5, 5.41) is 13.3. The van der Waals surface area contributed by atoms with Crippen molar-refractivity contribution in [2.45, 2.75) is 25.9 Å². The quantitative estimate of drug-likeness (QED) is 0.187. The molecule has 0 aliphatic rings. The van der Waals surface area contributed by atoms with Gasteiger partial charge in [0, 0.05) is 16.5 Å². The van der Waals surface area contributed by atoms with E-state index in [2.05, 4.69) is 30.8 Å². The molecular formula is C27H24ClF2N7O. The number of carbonyl (C=O) groups excluding carboxylic acids is 1. The predicted molar refractivity (Wildman–Crippen MR) is 142 cm³/mol. The first-order valence-electron chi connectivity index (χ1n) is 11.8. The SMILES string of the molecule is Cc1ccc(F)c(CNC(=O)N[C@@H](Cc2ccccc2)c2nc(-c3ccc4c(N)n[nH]c4c3)c(Cl)[nH]2)c1F. The number of hydrogen-bond acceptors (Lipinski definition) is 4. The van der Waals surface area contributed by atoms with Gasteiger partial charge >= 0.3 is 6.03 Å². The number of urea groups is 1. The summed E-state index contributed by atoms with van der Waals surface area (Å²) < 4.78 is 28.5. The van der Waals surface area contributed by atoms with E-state index >= 15 is 0 Å². The molecule has 8 nitrogen and oxygen atoms in total. The van der Waals surface area contributed by atoms with Crippen molar-refractivity contribution in [2.24, 2.45) is 0 Å². The molecule has 2 amide bonds. The standard InChI is InChI=1S/C27H24ClF2N7O/c1-14-7-10-19(29)18(22(14)30)13-32-27(38)33-21(11-15-5-3-2-4-6-15)26-34-23(24(28)35-26)16-8-9-17-20(12-16)36-37-25(17)31/h2-10,12,21H,11,13H2,1H3,(H,34,35)(H3,31,36,37)(H2,32,33,38)/t21-/m0/s1. The van der Waals surface area contributed by atoms with Gasteiger partial charge in [0.1, 0.15) is 28.3 Å². The first-order chi connectivity index (χ1) is 18.3. The van der Waals surface area contributed by atoms with Crippen LogP contribution in [0.5, 0.6) is 0 Å². The molecule has 11 heteroatoms.